The van der Waals surface area contributed by atoms with Crippen LogP contribution in [-0.4, -0.2) is 5.91 Å². The fraction of sp³-hybridized carbons (Fsp3) is 0.417. The number of benzene rings is 1. The predicted octanol–water partition coefficient (Wildman–Crippen LogP) is 3.49. The van der Waals surface area contributed by atoms with Gasteiger partial charge < -0.3 is 5.32 Å². The van der Waals surface area contributed by atoms with Crippen LogP contribution in [0.4, 0.5) is 13.2 Å². The van der Waals surface area contributed by atoms with Gasteiger partial charge >= 0.3 is 6.18 Å². The molecule has 1 aromatic rings. The zero-order valence-corrected chi connectivity index (χ0v) is 10.9. The summed E-state index contributed by atoms with van der Waals surface area (Å²) in [5, 5.41) is 2.54. The Morgan fingerprint density at radius 2 is 2.06 bits per heavy atom. The Balaban J connectivity index is 2.13. The number of rotatable bonds is 3. The molecule has 1 saturated carbocycles. The molecule has 1 N–H and O–H groups in total. The SMILES string of the molecule is O=C(NCc1ccc(Br)cc1C(F)(F)F)C1CC1. The average molecular weight is 322 g/mol. The summed E-state index contributed by atoms with van der Waals surface area (Å²) >= 11 is 3.01. The Labute approximate surface area is 111 Å². The first kappa shape index (κ1) is 13.4. The number of alkyl halides is 3. The van der Waals surface area contributed by atoms with Gasteiger partial charge in [0, 0.05) is 16.9 Å². The van der Waals surface area contributed by atoms with Gasteiger partial charge in [0.25, 0.3) is 0 Å². The minimum absolute atomic E-state index is 0.00483. The maximum absolute atomic E-state index is 12.8. The molecule has 0 atom stereocenters. The summed E-state index contributed by atoms with van der Waals surface area (Å²) in [6.07, 6.45) is -2.75. The molecule has 6 heteroatoms. The normalized spacial score (nSPS) is 15.6. The lowest BCUT2D eigenvalue weighted by atomic mass is 10.1. The van der Waals surface area contributed by atoms with Crippen LogP contribution < -0.4 is 5.32 Å². The summed E-state index contributed by atoms with van der Waals surface area (Å²) in [6, 6.07) is 3.94. The number of halogens is 4. The van der Waals surface area contributed by atoms with E-state index in [4.69, 9.17) is 0 Å². The summed E-state index contributed by atoms with van der Waals surface area (Å²) in [5.74, 6) is -0.166. The highest BCUT2D eigenvalue weighted by Crippen LogP contribution is 2.34. The topological polar surface area (TPSA) is 29.1 Å². The van der Waals surface area contributed by atoms with Crippen molar-refractivity contribution >= 4 is 21.8 Å². The number of amides is 1. The lowest BCUT2D eigenvalue weighted by Gasteiger charge is -2.13. The Morgan fingerprint density at radius 1 is 1.39 bits per heavy atom. The van der Waals surface area contributed by atoms with E-state index in [-0.39, 0.29) is 23.9 Å². The van der Waals surface area contributed by atoms with Gasteiger partial charge in [-0.1, -0.05) is 22.0 Å². The Kier molecular flexibility index (Phi) is 3.66. The zero-order chi connectivity index (χ0) is 13.3. The first-order valence-corrected chi connectivity index (χ1v) is 6.30. The number of carbonyl (C=O) groups excluding carboxylic acids is 1. The lowest BCUT2D eigenvalue weighted by molar-refractivity contribution is -0.138. The average Bonchev–Trinajstić information content (AvgIpc) is 3.09. The van der Waals surface area contributed by atoms with Crippen LogP contribution in [0.15, 0.2) is 22.7 Å². The number of carbonyl (C=O) groups is 1. The number of hydrogen-bond donors (Lipinski definition) is 1. The van der Waals surface area contributed by atoms with Gasteiger partial charge in [-0.3, -0.25) is 4.79 Å². The second-order valence-electron chi connectivity index (χ2n) is 4.29. The van der Waals surface area contributed by atoms with Gasteiger partial charge in [-0.2, -0.15) is 13.2 Å². The molecule has 1 aliphatic carbocycles. The zero-order valence-electron chi connectivity index (χ0n) is 9.35. The van der Waals surface area contributed by atoms with Crippen molar-refractivity contribution in [3.8, 4) is 0 Å². The standard InChI is InChI=1S/C12H11BrF3NO/c13-9-4-3-8(10(5-9)12(14,15)16)6-17-11(18)7-1-2-7/h3-5,7H,1-2,6H2,(H,17,18). The molecular formula is C12H11BrF3NO. The van der Waals surface area contributed by atoms with E-state index in [2.05, 4.69) is 21.2 Å². The molecule has 1 amide bonds. The quantitative estimate of drug-likeness (QED) is 0.907. The van der Waals surface area contributed by atoms with Crippen molar-refractivity contribution in [1.82, 2.24) is 5.32 Å². The number of nitrogens with one attached hydrogen (secondary N) is 1. The maximum Gasteiger partial charge on any atom is 0.416 e. The summed E-state index contributed by atoms with van der Waals surface area (Å²) in [6.45, 7) is -0.0859. The second kappa shape index (κ2) is 4.91. The van der Waals surface area contributed by atoms with Crippen LogP contribution in [0, 0.1) is 5.92 Å². The van der Waals surface area contributed by atoms with Crippen LogP contribution >= 0.6 is 15.9 Å². The largest absolute Gasteiger partial charge is 0.416 e. The Bertz CT molecular complexity index is 469. The molecule has 0 saturated heterocycles. The molecule has 98 valence electrons. The highest BCUT2D eigenvalue weighted by atomic mass is 79.9. The molecule has 1 aromatic carbocycles. The van der Waals surface area contributed by atoms with Crippen molar-refractivity contribution < 1.29 is 18.0 Å². The molecule has 0 bridgehead atoms. The van der Waals surface area contributed by atoms with Gasteiger partial charge in [0.1, 0.15) is 0 Å². The van der Waals surface area contributed by atoms with Gasteiger partial charge in [-0.25, -0.2) is 0 Å². The highest BCUT2D eigenvalue weighted by Gasteiger charge is 2.34. The summed E-state index contributed by atoms with van der Waals surface area (Å²) in [4.78, 5) is 11.4. The minimum atomic E-state index is -4.41. The van der Waals surface area contributed by atoms with E-state index in [1.165, 1.54) is 12.1 Å². The Morgan fingerprint density at radius 3 is 2.61 bits per heavy atom. The van der Waals surface area contributed by atoms with Gasteiger partial charge in [-0.15, -0.1) is 0 Å². The van der Waals surface area contributed by atoms with Crippen molar-refractivity contribution in [3.05, 3.63) is 33.8 Å². The fourth-order valence-electron chi connectivity index (χ4n) is 1.64. The van der Waals surface area contributed by atoms with Crippen LogP contribution in [0.5, 0.6) is 0 Å². The molecule has 0 spiro atoms. The molecular weight excluding hydrogens is 311 g/mol. The third kappa shape index (κ3) is 3.25. The van der Waals surface area contributed by atoms with Crippen molar-refractivity contribution in [2.75, 3.05) is 0 Å². The third-order valence-electron chi connectivity index (χ3n) is 2.78. The summed E-state index contributed by atoms with van der Waals surface area (Å²) in [5.41, 5.74) is -0.632. The van der Waals surface area contributed by atoms with E-state index in [1.807, 2.05) is 0 Å². The van der Waals surface area contributed by atoms with Crippen molar-refractivity contribution in [2.24, 2.45) is 5.92 Å². The molecule has 2 rings (SSSR count). The lowest BCUT2D eigenvalue weighted by Crippen LogP contribution is -2.25. The van der Waals surface area contributed by atoms with Crippen molar-refractivity contribution in [1.29, 1.82) is 0 Å². The molecule has 18 heavy (non-hydrogen) atoms. The van der Waals surface area contributed by atoms with Crippen LogP contribution in [-0.2, 0) is 17.5 Å². The molecule has 0 heterocycles. The fourth-order valence-corrected chi connectivity index (χ4v) is 2.00. The molecule has 0 unspecified atom stereocenters. The van der Waals surface area contributed by atoms with Crippen LogP contribution in [0.25, 0.3) is 0 Å². The van der Waals surface area contributed by atoms with Crippen LogP contribution in [0.3, 0.4) is 0 Å². The summed E-state index contributed by atoms with van der Waals surface area (Å²) in [7, 11) is 0. The monoisotopic (exact) mass is 321 g/mol. The van der Waals surface area contributed by atoms with Crippen molar-refractivity contribution in [2.45, 2.75) is 25.6 Å². The second-order valence-corrected chi connectivity index (χ2v) is 5.21. The molecule has 1 fully saturated rings. The van der Waals surface area contributed by atoms with E-state index >= 15 is 0 Å². The van der Waals surface area contributed by atoms with Gasteiger partial charge in [-0.05, 0) is 30.5 Å². The molecule has 0 radical (unpaired) electrons. The van der Waals surface area contributed by atoms with Gasteiger partial charge in [0.15, 0.2) is 0 Å². The Hall–Kier alpha value is -1.04. The number of hydrogen-bond acceptors (Lipinski definition) is 1. The molecule has 1 aliphatic rings. The minimum Gasteiger partial charge on any atom is -0.352 e. The smallest absolute Gasteiger partial charge is 0.352 e. The van der Waals surface area contributed by atoms with Crippen molar-refractivity contribution in [3.63, 3.8) is 0 Å². The highest BCUT2D eigenvalue weighted by molar-refractivity contribution is 9.10. The predicted molar refractivity (Wildman–Crippen MR) is 63.7 cm³/mol. The molecule has 0 aromatic heterocycles. The van der Waals surface area contributed by atoms with E-state index in [1.54, 1.807) is 0 Å². The third-order valence-corrected chi connectivity index (χ3v) is 3.27. The van der Waals surface area contributed by atoms with Gasteiger partial charge in [0.05, 0.1) is 5.56 Å². The summed E-state index contributed by atoms with van der Waals surface area (Å²) < 4.78 is 38.7. The first-order valence-electron chi connectivity index (χ1n) is 5.51. The van der Waals surface area contributed by atoms with E-state index < -0.39 is 11.7 Å². The molecule has 0 aliphatic heterocycles. The first-order chi connectivity index (χ1) is 8.38. The van der Waals surface area contributed by atoms with Crippen LogP contribution in [0.1, 0.15) is 24.0 Å². The van der Waals surface area contributed by atoms with Crippen LogP contribution in [0.2, 0.25) is 0 Å². The van der Waals surface area contributed by atoms with E-state index in [0.29, 0.717) is 4.47 Å². The van der Waals surface area contributed by atoms with Gasteiger partial charge in [0.2, 0.25) is 5.91 Å². The van der Waals surface area contributed by atoms with E-state index in [9.17, 15) is 18.0 Å². The molecule has 2 nitrogen and oxygen atoms in total. The maximum atomic E-state index is 12.8. The van der Waals surface area contributed by atoms with E-state index in [0.717, 1.165) is 18.9 Å².